The summed E-state index contributed by atoms with van der Waals surface area (Å²) < 4.78 is 25.9. The van der Waals surface area contributed by atoms with E-state index in [9.17, 15) is 13.6 Å². The predicted octanol–water partition coefficient (Wildman–Crippen LogP) is 1.33. The maximum atomic E-state index is 13.3. The zero-order valence-corrected chi connectivity index (χ0v) is 9.80. The van der Waals surface area contributed by atoms with Crippen LogP contribution in [0.15, 0.2) is 18.2 Å². The molecule has 1 heterocycles. The van der Waals surface area contributed by atoms with Crippen LogP contribution in [0.1, 0.15) is 15.4 Å². The number of nitrogens with two attached hydrogens (primary N) is 1. The maximum Gasteiger partial charge on any atom is 0.282 e. The first kappa shape index (κ1) is 12.4. The van der Waals surface area contributed by atoms with Gasteiger partial charge in [-0.3, -0.25) is 4.79 Å². The lowest BCUT2D eigenvalue weighted by atomic mass is 10.2. The number of amides is 1. The van der Waals surface area contributed by atoms with Crippen LogP contribution in [0.4, 0.5) is 13.9 Å². The molecule has 1 aromatic heterocycles. The summed E-state index contributed by atoms with van der Waals surface area (Å²) in [5.74, 6) is -1.89. The third-order valence-corrected chi connectivity index (χ3v) is 2.84. The number of aromatic nitrogens is 2. The number of rotatable bonds is 3. The fourth-order valence-electron chi connectivity index (χ4n) is 1.24. The minimum Gasteiger partial charge on any atom is -0.374 e. The lowest BCUT2D eigenvalue weighted by Gasteiger charge is -2.04. The highest BCUT2D eigenvalue weighted by Gasteiger charge is 2.12. The number of nitrogens with zero attached hydrogens (tertiary/aromatic N) is 2. The summed E-state index contributed by atoms with van der Waals surface area (Å²) in [5, 5.41) is 9.73. The van der Waals surface area contributed by atoms with Crippen molar-refractivity contribution >= 4 is 22.4 Å². The summed E-state index contributed by atoms with van der Waals surface area (Å²) in [6, 6.07) is 3.14. The number of nitrogens with one attached hydrogen (secondary N) is 1. The van der Waals surface area contributed by atoms with Crippen molar-refractivity contribution in [2.45, 2.75) is 6.54 Å². The smallest absolute Gasteiger partial charge is 0.282 e. The molecule has 2 aromatic rings. The van der Waals surface area contributed by atoms with E-state index in [2.05, 4.69) is 15.5 Å². The molecular formula is C10H8F2N4OS. The van der Waals surface area contributed by atoms with E-state index in [1.807, 2.05) is 0 Å². The molecule has 0 aliphatic rings. The molecule has 0 atom stereocenters. The van der Waals surface area contributed by atoms with Crippen LogP contribution in [-0.2, 0) is 6.54 Å². The molecule has 8 heteroatoms. The number of hydrogen-bond acceptors (Lipinski definition) is 5. The van der Waals surface area contributed by atoms with Crippen LogP contribution in [0.2, 0.25) is 0 Å². The minimum absolute atomic E-state index is 0.0650. The second kappa shape index (κ2) is 5.05. The molecule has 1 amide bonds. The van der Waals surface area contributed by atoms with Gasteiger partial charge in [-0.1, -0.05) is 17.4 Å². The first-order chi connectivity index (χ1) is 8.56. The molecule has 0 radical (unpaired) electrons. The number of nitrogen functional groups attached to an aromatic ring is 1. The van der Waals surface area contributed by atoms with Crippen molar-refractivity contribution in [3.63, 3.8) is 0 Å². The lowest BCUT2D eigenvalue weighted by molar-refractivity contribution is 0.0949. The number of benzene rings is 1. The highest BCUT2D eigenvalue weighted by atomic mass is 32.1. The van der Waals surface area contributed by atoms with E-state index >= 15 is 0 Å². The summed E-state index contributed by atoms with van der Waals surface area (Å²) in [5.41, 5.74) is 5.51. The first-order valence-electron chi connectivity index (χ1n) is 4.87. The van der Waals surface area contributed by atoms with Gasteiger partial charge in [0.2, 0.25) is 10.1 Å². The Morgan fingerprint density at radius 1 is 1.39 bits per heavy atom. The van der Waals surface area contributed by atoms with Crippen LogP contribution in [0.3, 0.4) is 0 Å². The van der Waals surface area contributed by atoms with Crippen molar-refractivity contribution in [1.29, 1.82) is 0 Å². The van der Waals surface area contributed by atoms with Gasteiger partial charge in [-0.2, -0.15) is 0 Å². The van der Waals surface area contributed by atoms with Crippen molar-refractivity contribution in [2.75, 3.05) is 5.73 Å². The van der Waals surface area contributed by atoms with Crippen molar-refractivity contribution in [3.05, 3.63) is 40.4 Å². The second-order valence-corrected chi connectivity index (χ2v) is 4.37. The van der Waals surface area contributed by atoms with E-state index < -0.39 is 17.5 Å². The van der Waals surface area contributed by atoms with E-state index in [-0.39, 0.29) is 22.2 Å². The zero-order chi connectivity index (χ0) is 13.1. The van der Waals surface area contributed by atoms with Gasteiger partial charge in [0.15, 0.2) is 0 Å². The maximum absolute atomic E-state index is 13.3. The normalized spacial score (nSPS) is 10.3. The van der Waals surface area contributed by atoms with E-state index in [1.165, 1.54) is 6.07 Å². The molecule has 2 rings (SSSR count). The summed E-state index contributed by atoms with van der Waals surface area (Å²) in [4.78, 5) is 11.6. The fourth-order valence-corrected chi connectivity index (χ4v) is 1.77. The molecule has 0 saturated carbocycles. The van der Waals surface area contributed by atoms with Gasteiger partial charge >= 0.3 is 0 Å². The van der Waals surface area contributed by atoms with Crippen molar-refractivity contribution in [1.82, 2.24) is 15.5 Å². The lowest BCUT2D eigenvalue weighted by Crippen LogP contribution is -2.23. The predicted molar refractivity (Wildman–Crippen MR) is 61.8 cm³/mol. The van der Waals surface area contributed by atoms with E-state index in [4.69, 9.17) is 5.73 Å². The molecule has 94 valence electrons. The molecule has 0 spiro atoms. The topological polar surface area (TPSA) is 80.9 Å². The number of halogens is 2. The molecule has 18 heavy (non-hydrogen) atoms. The van der Waals surface area contributed by atoms with Crippen molar-refractivity contribution in [2.24, 2.45) is 0 Å². The van der Waals surface area contributed by atoms with Crippen LogP contribution >= 0.6 is 11.3 Å². The molecule has 5 nitrogen and oxygen atoms in total. The molecule has 0 bridgehead atoms. The number of carbonyl (C=O) groups excluding carboxylic acids is 1. The van der Waals surface area contributed by atoms with E-state index in [0.717, 1.165) is 23.5 Å². The van der Waals surface area contributed by atoms with Crippen LogP contribution in [0.25, 0.3) is 0 Å². The number of anilines is 1. The molecular weight excluding hydrogens is 262 g/mol. The van der Waals surface area contributed by atoms with Gasteiger partial charge in [0, 0.05) is 18.2 Å². The van der Waals surface area contributed by atoms with Crippen LogP contribution in [0.5, 0.6) is 0 Å². The highest BCUT2D eigenvalue weighted by Crippen LogP contribution is 2.12. The monoisotopic (exact) mass is 270 g/mol. The Hall–Kier alpha value is -2.09. The number of hydrogen-bond donors (Lipinski definition) is 2. The van der Waals surface area contributed by atoms with Crippen LogP contribution in [-0.4, -0.2) is 16.1 Å². The van der Waals surface area contributed by atoms with Gasteiger partial charge in [-0.15, -0.1) is 10.2 Å². The Bertz CT molecular complexity index is 587. The minimum atomic E-state index is -0.716. The molecule has 0 unspecified atom stereocenters. The third-order valence-electron chi connectivity index (χ3n) is 2.09. The molecule has 0 aliphatic carbocycles. The van der Waals surface area contributed by atoms with Gasteiger partial charge < -0.3 is 11.1 Å². The Morgan fingerprint density at radius 3 is 2.78 bits per heavy atom. The SMILES string of the molecule is Nc1nnc(C(=O)NCc2ccc(F)cc2F)s1. The summed E-state index contributed by atoms with van der Waals surface area (Å²) >= 11 is 0.927. The van der Waals surface area contributed by atoms with Crippen LogP contribution in [0, 0.1) is 11.6 Å². The van der Waals surface area contributed by atoms with Crippen molar-refractivity contribution < 1.29 is 13.6 Å². The summed E-state index contributed by atoms with van der Waals surface area (Å²) in [6.45, 7) is -0.0650. The van der Waals surface area contributed by atoms with Gasteiger partial charge in [0.25, 0.3) is 5.91 Å². The fraction of sp³-hybridized carbons (Fsp3) is 0.100. The summed E-state index contributed by atoms with van der Waals surface area (Å²) in [7, 11) is 0. The van der Waals surface area contributed by atoms with Crippen LogP contribution < -0.4 is 11.1 Å². The summed E-state index contributed by atoms with van der Waals surface area (Å²) in [6.07, 6.45) is 0. The molecule has 3 N–H and O–H groups in total. The molecule has 0 aliphatic heterocycles. The first-order valence-corrected chi connectivity index (χ1v) is 5.69. The van der Waals surface area contributed by atoms with Crippen molar-refractivity contribution in [3.8, 4) is 0 Å². The van der Waals surface area contributed by atoms with E-state index in [1.54, 1.807) is 0 Å². The molecule has 1 aromatic carbocycles. The average Bonchev–Trinajstić information content (AvgIpc) is 2.74. The zero-order valence-electron chi connectivity index (χ0n) is 8.98. The quantitative estimate of drug-likeness (QED) is 0.881. The Labute approximate surface area is 105 Å². The highest BCUT2D eigenvalue weighted by molar-refractivity contribution is 7.16. The van der Waals surface area contributed by atoms with E-state index in [0.29, 0.717) is 0 Å². The molecule has 0 fully saturated rings. The number of carbonyl (C=O) groups is 1. The Morgan fingerprint density at radius 2 is 2.17 bits per heavy atom. The van der Waals surface area contributed by atoms with Gasteiger partial charge in [-0.05, 0) is 6.07 Å². The third kappa shape index (κ3) is 2.77. The van der Waals surface area contributed by atoms with Gasteiger partial charge in [0.1, 0.15) is 11.6 Å². The average molecular weight is 270 g/mol. The standard InChI is InChI=1S/C10H8F2N4OS/c11-6-2-1-5(7(12)3-6)4-14-8(17)9-15-16-10(13)18-9/h1-3H,4H2,(H2,13,16)(H,14,17). The van der Waals surface area contributed by atoms with Gasteiger partial charge in [-0.25, -0.2) is 8.78 Å². The molecule has 0 saturated heterocycles. The van der Waals surface area contributed by atoms with Gasteiger partial charge in [0.05, 0.1) is 0 Å². The Balaban J connectivity index is 2.01. The Kier molecular flexibility index (Phi) is 3.47. The largest absolute Gasteiger partial charge is 0.374 e. The second-order valence-electron chi connectivity index (χ2n) is 3.36.